The molecule has 2 atom stereocenters. The van der Waals surface area contributed by atoms with Crippen LogP contribution in [0.4, 0.5) is 0 Å². The summed E-state index contributed by atoms with van der Waals surface area (Å²) in [5, 5.41) is 6.61. The summed E-state index contributed by atoms with van der Waals surface area (Å²) in [7, 11) is 0. The number of piperidine rings is 1. The number of carbonyl (C=O) groups is 1. The highest BCUT2D eigenvalue weighted by molar-refractivity contribution is 7.13. The Hall–Kier alpha value is -2.74. The van der Waals surface area contributed by atoms with Gasteiger partial charge in [0.05, 0.1) is 16.8 Å². The molecular formula is C21H25N5O2S. The van der Waals surface area contributed by atoms with Crippen LogP contribution in [0.3, 0.4) is 0 Å². The number of thiophene rings is 1. The molecular weight excluding hydrogens is 386 g/mol. The Morgan fingerprint density at radius 2 is 2.21 bits per heavy atom. The van der Waals surface area contributed by atoms with Crippen LogP contribution in [0.2, 0.25) is 0 Å². The summed E-state index contributed by atoms with van der Waals surface area (Å²) in [4.78, 5) is 32.7. The highest BCUT2D eigenvalue weighted by Gasteiger charge is 2.29. The molecule has 4 rings (SSSR count). The Kier molecular flexibility index (Phi) is 5.62. The first kappa shape index (κ1) is 19.6. The standard InChI is InChI=1S/C21H25N5O2S/c1-15(13-24-11-9-22-16(24)2)21(28)25-10-3-5-17(14-25)26-20(27)8-7-18(23-26)19-6-4-12-29-19/h4,6-9,11-12,15,17H,3,5,10,13-14H2,1-2H3/t15-,17-/m0/s1. The first-order valence-electron chi connectivity index (χ1n) is 9.93. The first-order chi connectivity index (χ1) is 14.0. The number of hydrogen-bond donors (Lipinski definition) is 0. The molecule has 3 aromatic rings. The highest BCUT2D eigenvalue weighted by atomic mass is 32.1. The van der Waals surface area contributed by atoms with Gasteiger partial charge in [-0.05, 0) is 37.3 Å². The third kappa shape index (κ3) is 4.17. The molecule has 0 bridgehead atoms. The topological polar surface area (TPSA) is 73.0 Å². The zero-order chi connectivity index (χ0) is 20.4. The number of likely N-dealkylation sites (tertiary alicyclic amines) is 1. The Bertz CT molecular complexity index is 1040. The average Bonchev–Trinajstić information content (AvgIpc) is 3.40. The van der Waals surface area contributed by atoms with Crippen LogP contribution in [0.5, 0.6) is 0 Å². The molecule has 29 heavy (non-hydrogen) atoms. The van der Waals surface area contributed by atoms with Crippen LogP contribution >= 0.6 is 11.3 Å². The molecule has 0 unspecified atom stereocenters. The summed E-state index contributed by atoms with van der Waals surface area (Å²) in [5.74, 6) is 0.872. The average molecular weight is 412 g/mol. The molecule has 0 radical (unpaired) electrons. The summed E-state index contributed by atoms with van der Waals surface area (Å²) in [6.45, 7) is 5.74. The zero-order valence-corrected chi connectivity index (χ0v) is 17.5. The van der Waals surface area contributed by atoms with Gasteiger partial charge >= 0.3 is 0 Å². The third-order valence-electron chi connectivity index (χ3n) is 5.47. The van der Waals surface area contributed by atoms with E-state index in [0.29, 0.717) is 13.1 Å². The van der Waals surface area contributed by atoms with E-state index < -0.39 is 0 Å². The lowest BCUT2D eigenvalue weighted by atomic mass is 10.0. The van der Waals surface area contributed by atoms with Crippen LogP contribution < -0.4 is 5.56 Å². The molecule has 1 amide bonds. The lowest BCUT2D eigenvalue weighted by Gasteiger charge is -2.34. The van der Waals surface area contributed by atoms with E-state index in [0.717, 1.165) is 35.8 Å². The maximum absolute atomic E-state index is 13.0. The number of amides is 1. The predicted octanol–water partition coefficient (Wildman–Crippen LogP) is 2.98. The fraction of sp³-hybridized carbons (Fsp3) is 0.429. The largest absolute Gasteiger partial charge is 0.340 e. The Morgan fingerprint density at radius 1 is 1.34 bits per heavy atom. The first-order valence-corrected chi connectivity index (χ1v) is 10.8. The molecule has 0 N–H and O–H groups in total. The van der Waals surface area contributed by atoms with Crippen molar-refractivity contribution < 1.29 is 4.79 Å². The second kappa shape index (κ2) is 8.32. The van der Waals surface area contributed by atoms with Crippen molar-refractivity contribution in [2.75, 3.05) is 13.1 Å². The van der Waals surface area contributed by atoms with Gasteiger partial charge in [0, 0.05) is 38.1 Å². The van der Waals surface area contributed by atoms with E-state index in [1.165, 1.54) is 0 Å². The van der Waals surface area contributed by atoms with E-state index in [1.807, 2.05) is 47.0 Å². The number of aryl methyl sites for hydroxylation is 1. The van der Waals surface area contributed by atoms with Gasteiger partial charge in [-0.15, -0.1) is 11.3 Å². The van der Waals surface area contributed by atoms with Crippen LogP contribution in [0, 0.1) is 12.8 Å². The fourth-order valence-electron chi connectivity index (χ4n) is 3.88. The van der Waals surface area contributed by atoms with Gasteiger partial charge in [0.2, 0.25) is 5.91 Å². The molecule has 0 spiro atoms. The van der Waals surface area contributed by atoms with Crippen LogP contribution in [-0.2, 0) is 11.3 Å². The van der Waals surface area contributed by atoms with Crippen molar-refractivity contribution in [3.63, 3.8) is 0 Å². The zero-order valence-electron chi connectivity index (χ0n) is 16.7. The molecule has 0 aliphatic carbocycles. The van der Waals surface area contributed by atoms with Gasteiger partial charge in [-0.3, -0.25) is 9.59 Å². The molecule has 4 heterocycles. The maximum Gasteiger partial charge on any atom is 0.267 e. The van der Waals surface area contributed by atoms with Crippen molar-refractivity contribution >= 4 is 17.2 Å². The van der Waals surface area contributed by atoms with Crippen LogP contribution in [-0.4, -0.2) is 43.2 Å². The van der Waals surface area contributed by atoms with Crippen LogP contribution in [0.25, 0.3) is 10.6 Å². The van der Waals surface area contributed by atoms with Gasteiger partial charge in [0.25, 0.3) is 5.56 Å². The van der Waals surface area contributed by atoms with E-state index in [-0.39, 0.29) is 23.4 Å². The van der Waals surface area contributed by atoms with Gasteiger partial charge < -0.3 is 9.47 Å². The molecule has 7 nitrogen and oxygen atoms in total. The smallest absolute Gasteiger partial charge is 0.267 e. The second-order valence-corrected chi connectivity index (χ2v) is 8.53. The molecule has 1 saturated heterocycles. The van der Waals surface area contributed by atoms with E-state index in [9.17, 15) is 9.59 Å². The molecule has 0 aromatic carbocycles. The maximum atomic E-state index is 13.0. The number of carbonyl (C=O) groups excluding carboxylic acids is 1. The quantitative estimate of drug-likeness (QED) is 0.647. The minimum atomic E-state index is -0.149. The second-order valence-electron chi connectivity index (χ2n) is 7.59. The van der Waals surface area contributed by atoms with Crippen LogP contribution in [0.15, 0.2) is 46.8 Å². The lowest BCUT2D eigenvalue weighted by Crippen LogP contribution is -2.45. The fourth-order valence-corrected chi connectivity index (χ4v) is 4.57. The van der Waals surface area contributed by atoms with E-state index >= 15 is 0 Å². The molecule has 1 fully saturated rings. The van der Waals surface area contributed by atoms with E-state index in [2.05, 4.69) is 10.1 Å². The van der Waals surface area contributed by atoms with E-state index in [1.54, 1.807) is 34.3 Å². The minimum Gasteiger partial charge on any atom is -0.340 e. The summed E-state index contributed by atoms with van der Waals surface area (Å²) in [6, 6.07) is 7.22. The number of hydrogen-bond acceptors (Lipinski definition) is 5. The van der Waals surface area contributed by atoms with Gasteiger partial charge in [-0.1, -0.05) is 13.0 Å². The van der Waals surface area contributed by atoms with E-state index in [4.69, 9.17) is 0 Å². The van der Waals surface area contributed by atoms with Crippen LogP contribution in [0.1, 0.15) is 31.6 Å². The number of imidazole rings is 1. The molecule has 8 heteroatoms. The van der Waals surface area contributed by atoms with Crippen molar-refractivity contribution in [3.05, 3.63) is 58.2 Å². The molecule has 0 saturated carbocycles. The van der Waals surface area contributed by atoms with Crippen molar-refractivity contribution in [2.45, 2.75) is 39.3 Å². The van der Waals surface area contributed by atoms with Gasteiger partial charge in [0.15, 0.2) is 0 Å². The number of nitrogens with zero attached hydrogens (tertiary/aromatic N) is 5. The van der Waals surface area contributed by atoms with Crippen molar-refractivity contribution in [1.29, 1.82) is 0 Å². The number of rotatable bonds is 5. The third-order valence-corrected chi connectivity index (χ3v) is 6.36. The van der Waals surface area contributed by atoms with Gasteiger partial charge in [-0.2, -0.15) is 5.10 Å². The van der Waals surface area contributed by atoms with Crippen molar-refractivity contribution in [1.82, 2.24) is 24.2 Å². The Labute approximate surface area is 173 Å². The molecule has 1 aliphatic heterocycles. The number of aromatic nitrogens is 4. The normalized spacial score (nSPS) is 18.0. The predicted molar refractivity (Wildman–Crippen MR) is 113 cm³/mol. The Morgan fingerprint density at radius 3 is 2.93 bits per heavy atom. The Balaban J connectivity index is 1.50. The lowest BCUT2D eigenvalue weighted by molar-refractivity contribution is -0.137. The molecule has 1 aliphatic rings. The summed E-state index contributed by atoms with van der Waals surface area (Å²) in [6.07, 6.45) is 5.37. The molecule has 152 valence electrons. The van der Waals surface area contributed by atoms with Gasteiger partial charge in [-0.25, -0.2) is 9.67 Å². The SMILES string of the molecule is Cc1nccn1C[C@H](C)C(=O)N1CCC[C@H](n2nc(-c3cccs3)ccc2=O)C1. The van der Waals surface area contributed by atoms with Gasteiger partial charge in [0.1, 0.15) is 11.5 Å². The minimum absolute atomic E-state index is 0.0951. The van der Waals surface area contributed by atoms with Crippen molar-refractivity contribution in [3.8, 4) is 10.6 Å². The van der Waals surface area contributed by atoms with Crippen molar-refractivity contribution in [2.24, 2.45) is 5.92 Å². The highest BCUT2D eigenvalue weighted by Crippen LogP contribution is 2.25. The summed E-state index contributed by atoms with van der Waals surface area (Å²) >= 11 is 1.60. The summed E-state index contributed by atoms with van der Waals surface area (Å²) < 4.78 is 3.57. The monoisotopic (exact) mass is 411 g/mol. The molecule has 3 aromatic heterocycles. The summed E-state index contributed by atoms with van der Waals surface area (Å²) in [5.41, 5.74) is 0.679.